The Hall–Kier alpha value is -2.19. The van der Waals surface area contributed by atoms with E-state index in [2.05, 4.69) is 64.9 Å². The molecule has 1 aromatic heterocycles. The predicted octanol–water partition coefficient (Wildman–Crippen LogP) is 4.05. The maximum Gasteiger partial charge on any atom is 0.0373 e. The van der Waals surface area contributed by atoms with Crippen LogP contribution in [0, 0.1) is 6.92 Å². The Morgan fingerprint density at radius 2 is 1.81 bits per heavy atom. The molecular weight excluding hydrogens is 256 g/mol. The minimum Gasteiger partial charge on any atom is -0.313 e. The molecule has 2 heteroatoms. The van der Waals surface area contributed by atoms with E-state index in [0.717, 1.165) is 12.1 Å². The topological polar surface area (TPSA) is 24.9 Å². The quantitative estimate of drug-likeness (QED) is 0.777. The van der Waals surface area contributed by atoms with Gasteiger partial charge in [0, 0.05) is 17.9 Å². The van der Waals surface area contributed by atoms with Gasteiger partial charge in [0.25, 0.3) is 0 Å². The molecule has 2 aromatic carbocycles. The van der Waals surface area contributed by atoms with Crippen LogP contribution >= 0.6 is 0 Å². The molecule has 0 bridgehead atoms. The number of pyridine rings is 1. The molecule has 1 atom stereocenters. The molecule has 0 saturated heterocycles. The first-order valence-electron chi connectivity index (χ1n) is 7.34. The average Bonchev–Trinajstić information content (AvgIpc) is 2.53. The second-order valence-electron chi connectivity index (χ2n) is 5.46. The highest BCUT2D eigenvalue weighted by molar-refractivity contribution is 5.83. The van der Waals surface area contributed by atoms with Crippen molar-refractivity contribution in [3.63, 3.8) is 0 Å². The van der Waals surface area contributed by atoms with Crippen molar-refractivity contribution < 1.29 is 0 Å². The fourth-order valence-corrected chi connectivity index (χ4v) is 2.67. The molecule has 0 radical (unpaired) electrons. The summed E-state index contributed by atoms with van der Waals surface area (Å²) in [5, 5.41) is 5.98. The zero-order chi connectivity index (χ0) is 14.7. The second kappa shape index (κ2) is 6.06. The molecule has 3 rings (SSSR count). The van der Waals surface area contributed by atoms with Crippen molar-refractivity contribution in [1.82, 2.24) is 10.3 Å². The largest absolute Gasteiger partial charge is 0.313 e. The summed E-state index contributed by atoms with van der Waals surface area (Å²) in [6.45, 7) is 2.02. The molecule has 0 saturated carbocycles. The second-order valence-corrected chi connectivity index (χ2v) is 5.46. The summed E-state index contributed by atoms with van der Waals surface area (Å²) in [7, 11) is 2.01. The highest BCUT2D eigenvalue weighted by Gasteiger charge is 2.10. The van der Waals surface area contributed by atoms with Crippen molar-refractivity contribution in [3.05, 3.63) is 77.6 Å². The molecule has 1 unspecified atom stereocenters. The fraction of sp³-hybridized carbons (Fsp3) is 0.211. The van der Waals surface area contributed by atoms with Crippen molar-refractivity contribution in [2.75, 3.05) is 7.05 Å². The van der Waals surface area contributed by atoms with Crippen LogP contribution in [0.1, 0.15) is 22.9 Å². The summed E-state index contributed by atoms with van der Waals surface area (Å²) in [4.78, 5) is 4.40. The monoisotopic (exact) mass is 276 g/mol. The number of hydrogen-bond donors (Lipinski definition) is 1. The van der Waals surface area contributed by atoms with Crippen LogP contribution in [0.25, 0.3) is 10.8 Å². The number of benzene rings is 2. The summed E-state index contributed by atoms with van der Waals surface area (Å²) in [5.74, 6) is 0. The molecular formula is C19H20N2. The van der Waals surface area contributed by atoms with Crippen LogP contribution in [-0.2, 0) is 6.42 Å². The van der Waals surface area contributed by atoms with Crippen LogP contribution in [0.2, 0.25) is 0 Å². The molecule has 106 valence electrons. The first-order chi connectivity index (χ1) is 10.3. The van der Waals surface area contributed by atoms with Crippen LogP contribution in [-0.4, -0.2) is 12.0 Å². The molecule has 2 nitrogen and oxygen atoms in total. The maximum atomic E-state index is 4.40. The summed E-state index contributed by atoms with van der Waals surface area (Å²) in [6.07, 6.45) is 2.93. The predicted molar refractivity (Wildman–Crippen MR) is 88.4 cm³/mol. The highest BCUT2D eigenvalue weighted by Crippen LogP contribution is 2.21. The smallest absolute Gasteiger partial charge is 0.0373 e. The summed E-state index contributed by atoms with van der Waals surface area (Å²) < 4.78 is 0. The number of rotatable bonds is 4. The lowest BCUT2D eigenvalue weighted by molar-refractivity contribution is 0.590. The van der Waals surface area contributed by atoms with E-state index >= 15 is 0 Å². The minimum absolute atomic E-state index is 0.291. The van der Waals surface area contributed by atoms with E-state index in [1.165, 1.54) is 21.9 Å². The van der Waals surface area contributed by atoms with E-state index in [-0.39, 0.29) is 0 Å². The van der Waals surface area contributed by atoms with Gasteiger partial charge in [-0.05, 0) is 48.4 Å². The van der Waals surface area contributed by atoms with Gasteiger partial charge in [-0.2, -0.15) is 0 Å². The molecule has 0 aliphatic rings. The first-order valence-corrected chi connectivity index (χ1v) is 7.34. The molecule has 1 N–H and O–H groups in total. The van der Waals surface area contributed by atoms with Crippen LogP contribution in [0.4, 0.5) is 0 Å². The molecule has 3 aromatic rings. The SMILES string of the molecule is CNC(Cc1ccc2ccccc2c1)c1ccc(C)nc1. The Kier molecular flexibility index (Phi) is 3.98. The van der Waals surface area contributed by atoms with Gasteiger partial charge in [-0.3, -0.25) is 4.98 Å². The Morgan fingerprint density at radius 1 is 1.00 bits per heavy atom. The zero-order valence-electron chi connectivity index (χ0n) is 12.5. The first kappa shape index (κ1) is 13.8. The maximum absolute atomic E-state index is 4.40. The van der Waals surface area contributed by atoms with Crippen LogP contribution < -0.4 is 5.32 Å². The van der Waals surface area contributed by atoms with E-state index in [4.69, 9.17) is 0 Å². The Morgan fingerprint density at radius 3 is 2.52 bits per heavy atom. The minimum atomic E-state index is 0.291. The van der Waals surface area contributed by atoms with Crippen molar-refractivity contribution in [1.29, 1.82) is 0 Å². The van der Waals surface area contributed by atoms with Crippen LogP contribution in [0.3, 0.4) is 0 Å². The molecule has 0 aliphatic carbocycles. The van der Waals surface area contributed by atoms with Gasteiger partial charge < -0.3 is 5.32 Å². The van der Waals surface area contributed by atoms with E-state index in [1.54, 1.807) is 0 Å². The fourth-order valence-electron chi connectivity index (χ4n) is 2.67. The number of likely N-dealkylation sites (N-methyl/N-ethyl adjacent to an activating group) is 1. The van der Waals surface area contributed by atoms with Crippen LogP contribution in [0.15, 0.2) is 60.8 Å². The number of nitrogens with one attached hydrogen (secondary N) is 1. The molecule has 0 spiro atoms. The highest BCUT2D eigenvalue weighted by atomic mass is 14.9. The van der Waals surface area contributed by atoms with Gasteiger partial charge in [-0.1, -0.05) is 48.5 Å². The Bertz CT molecular complexity index is 732. The Balaban J connectivity index is 1.86. The van der Waals surface area contributed by atoms with Gasteiger partial charge in [0.15, 0.2) is 0 Å². The molecule has 0 amide bonds. The van der Waals surface area contributed by atoms with Crippen molar-refractivity contribution in [2.24, 2.45) is 0 Å². The van der Waals surface area contributed by atoms with Gasteiger partial charge in [0.1, 0.15) is 0 Å². The molecule has 0 fully saturated rings. The standard InChI is InChI=1S/C19H20N2/c1-14-7-9-18(13-21-14)19(20-2)12-15-8-10-16-5-3-4-6-17(16)11-15/h3-11,13,19-20H,12H2,1-2H3. The van der Waals surface area contributed by atoms with Gasteiger partial charge >= 0.3 is 0 Å². The number of nitrogens with zero attached hydrogens (tertiary/aromatic N) is 1. The van der Waals surface area contributed by atoms with Gasteiger partial charge in [-0.25, -0.2) is 0 Å². The molecule has 0 aliphatic heterocycles. The van der Waals surface area contributed by atoms with Crippen molar-refractivity contribution >= 4 is 10.8 Å². The van der Waals surface area contributed by atoms with Crippen LogP contribution in [0.5, 0.6) is 0 Å². The number of aryl methyl sites for hydroxylation is 1. The summed E-state index contributed by atoms with van der Waals surface area (Å²) >= 11 is 0. The van der Waals surface area contributed by atoms with E-state index < -0.39 is 0 Å². The van der Waals surface area contributed by atoms with Crippen molar-refractivity contribution in [3.8, 4) is 0 Å². The third-order valence-electron chi connectivity index (χ3n) is 3.94. The van der Waals surface area contributed by atoms with Gasteiger partial charge in [0.2, 0.25) is 0 Å². The number of fused-ring (bicyclic) bond motifs is 1. The Labute approximate surface area is 125 Å². The van der Waals surface area contributed by atoms with E-state index in [1.807, 2.05) is 20.2 Å². The third-order valence-corrected chi connectivity index (χ3v) is 3.94. The number of aromatic nitrogens is 1. The molecule has 1 heterocycles. The lowest BCUT2D eigenvalue weighted by Crippen LogP contribution is -2.19. The third kappa shape index (κ3) is 3.11. The average molecular weight is 276 g/mol. The molecule has 21 heavy (non-hydrogen) atoms. The van der Waals surface area contributed by atoms with E-state index in [9.17, 15) is 0 Å². The van der Waals surface area contributed by atoms with E-state index in [0.29, 0.717) is 6.04 Å². The number of hydrogen-bond acceptors (Lipinski definition) is 2. The lowest BCUT2D eigenvalue weighted by atomic mass is 9.98. The summed E-state index contributed by atoms with van der Waals surface area (Å²) in [5.41, 5.74) is 3.63. The van der Waals surface area contributed by atoms with Gasteiger partial charge in [-0.15, -0.1) is 0 Å². The van der Waals surface area contributed by atoms with Gasteiger partial charge in [0.05, 0.1) is 0 Å². The summed E-state index contributed by atoms with van der Waals surface area (Å²) in [6, 6.07) is 19.7. The zero-order valence-corrected chi connectivity index (χ0v) is 12.5. The normalized spacial score (nSPS) is 12.5. The van der Waals surface area contributed by atoms with Crippen molar-refractivity contribution in [2.45, 2.75) is 19.4 Å². The lowest BCUT2D eigenvalue weighted by Gasteiger charge is -2.17.